The molecule has 0 saturated carbocycles. The number of carbonyl (C=O) groups is 1. The van der Waals surface area contributed by atoms with Gasteiger partial charge in [0, 0.05) is 17.4 Å². The van der Waals surface area contributed by atoms with Crippen LogP contribution in [-0.4, -0.2) is 56.8 Å². The fraction of sp³-hybridized carbons (Fsp3) is 0.429. The minimum atomic E-state index is -0.489. The summed E-state index contributed by atoms with van der Waals surface area (Å²) in [5, 5.41) is 0.472. The maximum atomic E-state index is 13.7. The third-order valence-corrected chi connectivity index (χ3v) is 7.51. The van der Waals surface area contributed by atoms with Crippen molar-refractivity contribution >= 4 is 32.8 Å². The number of nitrogens with one attached hydrogen (secondary N) is 1. The van der Waals surface area contributed by atoms with Crippen molar-refractivity contribution in [1.82, 2.24) is 4.90 Å². The highest BCUT2D eigenvalue weighted by atomic mass is 79.9. The molecular formula is C28H32BrN2O5+. The van der Waals surface area contributed by atoms with E-state index in [0.717, 1.165) is 67.9 Å². The van der Waals surface area contributed by atoms with Crippen LogP contribution in [0, 0.1) is 0 Å². The van der Waals surface area contributed by atoms with Gasteiger partial charge in [0.1, 0.15) is 24.4 Å². The van der Waals surface area contributed by atoms with E-state index in [4.69, 9.17) is 13.9 Å². The van der Waals surface area contributed by atoms with Crippen LogP contribution >= 0.6 is 15.9 Å². The number of carbonyl (C=O) groups excluding carboxylic acids is 1. The molecule has 8 heteroatoms. The summed E-state index contributed by atoms with van der Waals surface area (Å²) >= 11 is 3.45. The van der Waals surface area contributed by atoms with Crippen molar-refractivity contribution in [1.29, 1.82) is 0 Å². The van der Waals surface area contributed by atoms with Gasteiger partial charge in [-0.2, -0.15) is 0 Å². The molecule has 1 saturated heterocycles. The molecule has 7 nitrogen and oxygen atoms in total. The van der Waals surface area contributed by atoms with Crippen LogP contribution in [0.5, 0.6) is 5.75 Å². The van der Waals surface area contributed by atoms with Crippen molar-refractivity contribution in [3.63, 3.8) is 0 Å². The summed E-state index contributed by atoms with van der Waals surface area (Å²) in [6.45, 7) is 7.82. The van der Waals surface area contributed by atoms with Crippen LogP contribution in [0.3, 0.4) is 0 Å². The Morgan fingerprint density at radius 2 is 1.86 bits per heavy atom. The van der Waals surface area contributed by atoms with E-state index in [1.807, 2.05) is 30.3 Å². The lowest BCUT2D eigenvalue weighted by atomic mass is 9.98. The molecule has 3 heterocycles. The summed E-state index contributed by atoms with van der Waals surface area (Å²) in [5.41, 5.74) is 1.57. The van der Waals surface area contributed by atoms with Crippen molar-refractivity contribution < 1.29 is 23.6 Å². The fourth-order valence-corrected chi connectivity index (χ4v) is 5.42. The highest BCUT2D eigenvalue weighted by molar-refractivity contribution is 9.10. The Balaban J connectivity index is 1.48. The summed E-state index contributed by atoms with van der Waals surface area (Å²) < 4.78 is 18.2. The Morgan fingerprint density at radius 1 is 1.08 bits per heavy atom. The standard InChI is InChI=1S/C28H31BrN2O5/c1-2-3-15-35-21-8-5-19(6-9-21)25-24-26(32)22-18-20(29)7-10-23(22)36-27(24)28(33)31(25)12-4-11-30-13-16-34-17-14-30/h5-10,18,25H,2-4,11-17H2,1H3/p+1/t25-/m1/s1. The van der Waals surface area contributed by atoms with Crippen LogP contribution in [0.15, 0.2) is 56.1 Å². The second kappa shape index (κ2) is 11.2. The molecule has 0 aliphatic carbocycles. The van der Waals surface area contributed by atoms with Crippen molar-refractivity contribution in [3.8, 4) is 5.75 Å². The highest BCUT2D eigenvalue weighted by Crippen LogP contribution is 2.38. The number of hydrogen-bond acceptors (Lipinski definition) is 5. The number of fused-ring (bicyclic) bond motifs is 2. The van der Waals surface area contributed by atoms with Crippen LogP contribution in [0.25, 0.3) is 11.0 Å². The number of halogens is 1. The van der Waals surface area contributed by atoms with Gasteiger partial charge in [-0.1, -0.05) is 41.4 Å². The van der Waals surface area contributed by atoms with Gasteiger partial charge in [0.15, 0.2) is 5.43 Å². The second-order valence-corrected chi connectivity index (χ2v) is 10.4. The maximum Gasteiger partial charge on any atom is 0.290 e. The molecule has 2 aromatic carbocycles. The monoisotopic (exact) mass is 555 g/mol. The molecule has 5 rings (SSSR count). The predicted molar refractivity (Wildman–Crippen MR) is 141 cm³/mol. The third kappa shape index (κ3) is 5.08. The van der Waals surface area contributed by atoms with Crippen LogP contribution in [0.1, 0.15) is 53.9 Å². The highest BCUT2D eigenvalue weighted by Gasteiger charge is 2.42. The van der Waals surface area contributed by atoms with Crippen molar-refractivity contribution in [2.75, 3.05) is 46.0 Å². The van der Waals surface area contributed by atoms with Gasteiger partial charge < -0.3 is 23.7 Å². The quantitative estimate of drug-likeness (QED) is 0.408. The zero-order chi connectivity index (χ0) is 25.1. The lowest BCUT2D eigenvalue weighted by Crippen LogP contribution is -3.14. The summed E-state index contributed by atoms with van der Waals surface area (Å²) in [6, 6.07) is 12.6. The molecule has 1 atom stereocenters. The maximum absolute atomic E-state index is 13.7. The molecule has 1 N–H and O–H groups in total. The van der Waals surface area contributed by atoms with Gasteiger partial charge in [-0.25, -0.2) is 0 Å². The van der Waals surface area contributed by atoms with Crippen molar-refractivity contribution in [2.24, 2.45) is 0 Å². The molecule has 1 fully saturated rings. The van der Waals surface area contributed by atoms with E-state index in [1.165, 1.54) is 4.90 Å². The van der Waals surface area contributed by atoms with E-state index < -0.39 is 6.04 Å². The Kier molecular flexibility index (Phi) is 7.74. The smallest absolute Gasteiger partial charge is 0.290 e. The molecule has 0 bridgehead atoms. The van der Waals surface area contributed by atoms with Gasteiger partial charge in [0.05, 0.1) is 43.4 Å². The lowest BCUT2D eigenvalue weighted by Gasteiger charge is -2.27. The van der Waals surface area contributed by atoms with Crippen LogP contribution in [-0.2, 0) is 4.74 Å². The predicted octanol–water partition coefficient (Wildman–Crippen LogP) is 3.58. The SMILES string of the molecule is CCCCOc1ccc([C@@H]2c3c(oc4ccc(Br)cc4c3=O)C(=O)N2CCC[NH+]2CCOCC2)cc1. The number of unbranched alkanes of at least 4 members (excludes halogenated alkanes) is 1. The molecule has 1 aromatic heterocycles. The zero-order valence-corrected chi connectivity index (χ0v) is 22.1. The van der Waals surface area contributed by atoms with E-state index in [2.05, 4.69) is 22.9 Å². The van der Waals surface area contributed by atoms with Gasteiger partial charge in [-0.05, 0) is 42.3 Å². The minimum absolute atomic E-state index is 0.154. The molecule has 3 aromatic rings. The van der Waals surface area contributed by atoms with Gasteiger partial charge in [-0.3, -0.25) is 9.59 Å². The molecule has 2 aliphatic heterocycles. The van der Waals surface area contributed by atoms with Gasteiger partial charge in [-0.15, -0.1) is 0 Å². The summed E-state index contributed by atoms with van der Waals surface area (Å²) in [4.78, 5) is 30.6. The number of quaternary nitrogens is 1. The van der Waals surface area contributed by atoms with Crippen LogP contribution < -0.4 is 15.1 Å². The molecule has 2 aliphatic rings. The van der Waals surface area contributed by atoms with Crippen LogP contribution in [0.4, 0.5) is 0 Å². The Bertz CT molecular complexity index is 1280. The third-order valence-electron chi connectivity index (χ3n) is 7.02. The zero-order valence-electron chi connectivity index (χ0n) is 20.6. The molecular weight excluding hydrogens is 524 g/mol. The number of benzene rings is 2. The van der Waals surface area contributed by atoms with Gasteiger partial charge in [0.25, 0.3) is 5.91 Å². The number of ether oxygens (including phenoxy) is 2. The largest absolute Gasteiger partial charge is 0.494 e. The number of hydrogen-bond donors (Lipinski definition) is 1. The minimum Gasteiger partial charge on any atom is -0.494 e. The molecule has 0 unspecified atom stereocenters. The first kappa shape index (κ1) is 25.0. The molecule has 1 amide bonds. The van der Waals surface area contributed by atoms with E-state index in [0.29, 0.717) is 29.7 Å². The summed E-state index contributed by atoms with van der Waals surface area (Å²) in [6.07, 6.45) is 2.90. The summed E-state index contributed by atoms with van der Waals surface area (Å²) in [5.74, 6) is 0.715. The second-order valence-electron chi connectivity index (χ2n) is 9.45. The van der Waals surface area contributed by atoms with Gasteiger partial charge in [0.2, 0.25) is 5.76 Å². The topological polar surface area (TPSA) is 73.4 Å². The van der Waals surface area contributed by atoms with Gasteiger partial charge >= 0.3 is 0 Å². The first-order valence-electron chi connectivity index (χ1n) is 12.8. The Hall–Kier alpha value is -2.68. The van der Waals surface area contributed by atoms with E-state index >= 15 is 0 Å². The Labute approximate surface area is 219 Å². The van der Waals surface area contributed by atoms with Crippen LogP contribution in [0.2, 0.25) is 0 Å². The summed E-state index contributed by atoms with van der Waals surface area (Å²) in [7, 11) is 0. The normalized spacial score (nSPS) is 18.1. The number of amides is 1. The van der Waals surface area contributed by atoms with E-state index in [-0.39, 0.29) is 17.1 Å². The molecule has 36 heavy (non-hydrogen) atoms. The Morgan fingerprint density at radius 3 is 2.61 bits per heavy atom. The molecule has 190 valence electrons. The molecule has 0 spiro atoms. The van der Waals surface area contributed by atoms with Crippen molar-refractivity contribution in [2.45, 2.75) is 32.2 Å². The lowest BCUT2D eigenvalue weighted by molar-refractivity contribution is -0.908. The first-order chi connectivity index (χ1) is 17.6. The first-order valence-corrected chi connectivity index (χ1v) is 13.6. The van der Waals surface area contributed by atoms with E-state index in [9.17, 15) is 9.59 Å². The molecule has 0 radical (unpaired) electrons. The number of rotatable bonds is 9. The van der Waals surface area contributed by atoms with Crippen molar-refractivity contribution in [3.05, 3.63) is 74.0 Å². The average molecular weight is 556 g/mol. The average Bonchev–Trinajstić information content (AvgIpc) is 3.17. The number of nitrogens with zero attached hydrogens (tertiary/aromatic N) is 1. The fourth-order valence-electron chi connectivity index (χ4n) is 5.06. The number of morpholine rings is 1. The van der Waals surface area contributed by atoms with E-state index in [1.54, 1.807) is 17.0 Å².